The fourth-order valence-electron chi connectivity index (χ4n) is 5.54. The summed E-state index contributed by atoms with van der Waals surface area (Å²) in [6.45, 7) is 0.237. The van der Waals surface area contributed by atoms with Gasteiger partial charge in [0.2, 0.25) is 21.8 Å². The summed E-state index contributed by atoms with van der Waals surface area (Å²) in [5.41, 5.74) is 2.11. The van der Waals surface area contributed by atoms with Gasteiger partial charge in [0.25, 0.3) is 0 Å². The molecule has 0 spiro atoms. The zero-order valence-electron chi connectivity index (χ0n) is 24.4. The lowest BCUT2D eigenvalue weighted by molar-refractivity contribution is -0.141. The Kier molecular flexibility index (Phi) is 11.9. The number of hydrogen-bond acceptors (Lipinski definition) is 4. The molecule has 10 heteroatoms. The molecule has 1 N–H and O–H groups in total. The first kappa shape index (κ1) is 32.8. The van der Waals surface area contributed by atoms with E-state index in [9.17, 15) is 18.0 Å². The topological polar surface area (TPSA) is 86.8 Å². The number of rotatable bonds is 13. The second-order valence-electron chi connectivity index (χ2n) is 11.1. The number of benzene rings is 3. The quantitative estimate of drug-likeness (QED) is 0.227. The van der Waals surface area contributed by atoms with E-state index in [0.29, 0.717) is 22.2 Å². The van der Waals surface area contributed by atoms with E-state index >= 15 is 0 Å². The Morgan fingerprint density at radius 2 is 1.63 bits per heavy atom. The first-order valence-corrected chi connectivity index (χ1v) is 17.3. The summed E-state index contributed by atoms with van der Waals surface area (Å²) in [6.07, 6.45) is 6.91. The van der Waals surface area contributed by atoms with E-state index in [-0.39, 0.29) is 43.8 Å². The van der Waals surface area contributed by atoms with E-state index in [0.717, 1.165) is 49.5 Å². The zero-order valence-corrected chi connectivity index (χ0v) is 26.8. The smallest absolute Gasteiger partial charge is 0.243 e. The third-order valence-electron chi connectivity index (χ3n) is 7.77. The van der Waals surface area contributed by atoms with Crippen molar-refractivity contribution in [1.82, 2.24) is 10.2 Å². The maximum Gasteiger partial charge on any atom is 0.243 e. The van der Waals surface area contributed by atoms with Gasteiger partial charge in [0.15, 0.2) is 0 Å². The second-order valence-corrected chi connectivity index (χ2v) is 13.8. The van der Waals surface area contributed by atoms with Gasteiger partial charge in [-0.15, -0.1) is 0 Å². The first-order chi connectivity index (χ1) is 20.6. The minimum absolute atomic E-state index is 0.0407. The van der Waals surface area contributed by atoms with Crippen LogP contribution < -0.4 is 9.62 Å². The van der Waals surface area contributed by atoms with Crippen LogP contribution in [-0.2, 0) is 32.6 Å². The fourth-order valence-corrected chi connectivity index (χ4v) is 6.88. The van der Waals surface area contributed by atoms with Crippen LogP contribution in [0.5, 0.6) is 0 Å². The molecule has 4 rings (SSSR count). The van der Waals surface area contributed by atoms with Crippen molar-refractivity contribution in [3.63, 3.8) is 0 Å². The van der Waals surface area contributed by atoms with E-state index < -0.39 is 16.1 Å². The van der Waals surface area contributed by atoms with Crippen molar-refractivity contribution in [1.29, 1.82) is 0 Å². The van der Waals surface area contributed by atoms with Crippen LogP contribution in [0.25, 0.3) is 0 Å². The van der Waals surface area contributed by atoms with Gasteiger partial charge in [-0.1, -0.05) is 97.1 Å². The average Bonchev–Trinajstić information content (AvgIpc) is 2.98. The molecule has 1 saturated carbocycles. The summed E-state index contributed by atoms with van der Waals surface area (Å²) in [5.74, 6) is -0.438. The number of amides is 2. The van der Waals surface area contributed by atoms with E-state index in [1.54, 1.807) is 35.2 Å². The van der Waals surface area contributed by atoms with E-state index in [2.05, 4.69) is 5.32 Å². The molecule has 1 aliphatic rings. The minimum Gasteiger partial charge on any atom is -0.352 e. The molecular weight excluding hydrogens is 605 g/mol. The van der Waals surface area contributed by atoms with Gasteiger partial charge in [0.1, 0.15) is 6.04 Å². The Bertz CT molecular complexity index is 1480. The van der Waals surface area contributed by atoms with Crippen LogP contribution in [0.15, 0.2) is 78.9 Å². The number of sulfonamides is 1. The number of halogens is 2. The van der Waals surface area contributed by atoms with Gasteiger partial charge in [-0.05, 0) is 54.7 Å². The lowest BCUT2D eigenvalue weighted by Crippen LogP contribution is -2.53. The maximum absolute atomic E-state index is 14.0. The molecule has 0 radical (unpaired) electrons. The summed E-state index contributed by atoms with van der Waals surface area (Å²) in [6, 6.07) is 22.9. The largest absolute Gasteiger partial charge is 0.352 e. The molecule has 3 aromatic rings. The van der Waals surface area contributed by atoms with Gasteiger partial charge in [-0.25, -0.2) is 8.42 Å². The molecule has 7 nitrogen and oxygen atoms in total. The van der Waals surface area contributed by atoms with Gasteiger partial charge in [-0.2, -0.15) is 0 Å². The number of anilines is 1. The van der Waals surface area contributed by atoms with E-state index in [1.807, 2.05) is 48.5 Å². The van der Waals surface area contributed by atoms with Crippen molar-refractivity contribution >= 4 is 50.7 Å². The lowest BCUT2D eigenvalue weighted by Gasteiger charge is -2.34. The van der Waals surface area contributed by atoms with Crippen LogP contribution in [-0.4, -0.2) is 50.0 Å². The van der Waals surface area contributed by atoms with Crippen LogP contribution in [0.3, 0.4) is 0 Å². The Balaban J connectivity index is 1.60. The van der Waals surface area contributed by atoms with Gasteiger partial charge in [0.05, 0.1) is 11.9 Å². The number of hydrogen-bond donors (Lipinski definition) is 1. The Morgan fingerprint density at radius 1 is 0.930 bits per heavy atom. The maximum atomic E-state index is 14.0. The van der Waals surface area contributed by atoms with Gasteiger partial charge < -0.3 is 10.2 Å². The molecule has 3 aromatic carbocycles. The monoisotopic (exact) mass is 643 g/mol. The lowest BCUT2D eigenvalue weighted by atomic mass is 9.94. The Morgan fingerprint density at radius 3 is 2.30 bits per heavy atom. The summed E-state index contributed by atoms with van der Waals surface area (Å²) in [4.78, 5) is 29.6. The van der Waals surface area contributed by atoms with Gasteiger partial charge >= 0.3 is 0 Å². The molecule has 0 heterocycles. The van der Waals surface area contributed by atoms with Crippen molar-refractivity contribution in [3.05, 3.63) is 100 Å². The summed E-state index contributed by atoms with van der Waals surface area (Å²) >= 11 is 12.7. The molecule has 1 fully saturated rings. The molecule has 2 amide bonds. The number of nitrogens with one attached hydrogen (secondary N) is 1. The standard InChI is InChI=1S/C33H39Cl2N3O4S/c1-43(41,42)38(29-18-10-15-27(34)23-29)21-11-20-32(39)37(24-26-14-8-9-19-30(26)35)31(22-25-12-4-2-5-13-25)33(40)36-28-16-6-3-7-17-28/h2,4-5,8-10,12-15,18-19,23,28,31H,3,6-7,11,16-17,20-22,24H2,1H3,(H,36,40). The van der Waals surface area contributed by atoms with Crippen molar-refractivity contribution in [2.75, 3.05) is 17.1 Å². The summed E-state index contributed by atoms with van der Waals surface area (Å²) < 4.78 is 26.5. The minimum atomic E-state index is -3.63. The van der Waals surface area contributed by atoms with Crippen molar-refractivity contribution in [2.24, 2.45) is 0 Å². The third-order valence-corrected chi connectivity index (χ3v) is 9.57. The predicted octanol–water partition coefficient (Wildman–Crippen LogP) is 6.63. The number of nitrogens with zero attached hydrogens (tertiary/aromatic N) is 2. The molecule has 1 aliphatic carbocycles. The van der Waals surface area contributed by atoms with Crippen LogP contribution in [0.1, 0.15) is 56.1 Å². The van der Waals surface area contributed by atoms with Crippen molar-refractivity contribution in [3.8, 4) is 0 Å². The molecule has 1 atom stereocenters. The van der Waals surface area contributed by atoms with E-state index in [4.69, 9.17) is 23.2 Å². The highest BCUT2D eigenvalue weighted by Gasteiger charge is 2.32. The second kappa shape index (κ2) is 15.6. The summed E-state index contributed by atoms with van der Waals surface area (Å²) in [5, 5.41) is 4.16. The SMILES string of the molecule is CS(=O)(=O)N(CCCC(=O)N(Cc1ccccc1Cl)C(Cc1ccccc1)C(=O)NC1CCCCC1)c1cccc(Cl)c1. The highest BCUT2D eigenvalue weighted by molar-refractivity contribution is 7.92. The van der Waals surface area contributed by atoms with Crippen molar-refractivity contribution < 1.29 is 18.0 Å². The van der Waals surface area contributed by atoms with Crippen LogP contribution >= 0.6 is 23.2 Å². The highest BCUT2D eigenvalue weighted by atomic mass is 35.5. The predicted molar refractivity (Wildman–Crippen MR) is 174 cm³/mol. The number of carbonyl (C=O) groups is 2. The number of carbonyl (C=O) groups excluding carboxylic acids is 2. The molecule has 43 heavy (non-hydrogen) atoms. The van der Waals surface area contributed by atoms with Gasteiger partial charge in [0, 0.05) is 42.0 Å². The molecule has 0 saturated heterocycles. The molecule has 0 bridgehead atoms. The van der Waals surface area contributed by atoms with Crippen molar-refractivity contribution in [2.45, 2.75) is 70.0 Å². The van der Waals surface area contributed by atoms with E-state index in [1.165, 1.54) is 4.31 Å². The molecule has 0 aliphatic heterocycles. The third kappa shape index (κ3) is 9.71. The van der Waals surface area contributed by atoms with Crippen LogP contribution in [0, 0.1) is 0 Å². The fraction of sp³-hybridized carbons (Fsp3) is 0.394. The molecular formula is C33H39Cl2N3O4S. The average molecular weight is 645 g/mol. The van der Waals surface area contributed by atoms with Crippen LogP contribution in [0.2, 0.25) is 10.0 Å². The Hall–Kier alpha value is -3.07. The van der Waals surface area contributed by atoms with Crippen LogP contribution in [0.4, 0.5) is 5.69 Å². The first-order valence-electron chi connectivity index (χ1n) is 14.7. The Labute approximate surface area is 265 Å². The molecule has 0 aromatic heterocycles. The molecule has 230 valence electrons. The summed E-state index contributed by atoms with van der Waals surface area (Å²) in [7, 11) is -3.63. The highest BCUT2D eigenvalue weighted by Crippen LogP contribution is 2.25. The zero-order chi connectivity index (χ0) is 30.8. The van der Waals surface area contributed by atoms with Gasteiger partial charge in [-0.3, -0.25) is 13.9 Å². The normalized spacial score (nSPS) is 14.6. The molecule has 1 unspecified atom stereocenters.